The van der Waals surface area contributed by atoms with Crippen molar-refractivity contribution in [2.24, 2.45) is 0 Å². The van der Waals surface area contributed by atoms with Crippen molar-refractivity contribution in [3.05, 3.63) is 166 Å². The van der Waals surface area contributed by atoms with Gasteiger partial charge in [0.15, 0.2) is 29.5 Å². The van der Waals surface area contributed by atoms with Crippen molar-refractivity contribution in [1.29, 1.82) is 0 Å². The van der Waals surface area contributed by atoms with Crippen LogP contribution >= 0.6 is 22.6 Å². The van der Waals surface area contributed by atoms with Crippen molar-refractivity contribution in [2.75, 3.05) is 0 Å². The molecule has 2 aliphatic rings. The maximum Gasteiger partial charge on any atom is 0.259 e. The number of carbonyl (C=O) groups excluding carboxylic acids is 2. The van der Waals surface area contributed by atoms with E-state index in [0.717, 1.165) is 41.0 Å². The number of benzene rings is 6. The van der Waals surface area contributed by atoms with Gasteiger partial charge in [-0.2, -0.15) is 0 Å². The van der Waals surface area contributed by atoms with Gasteiger partial charge in [-0.15, -0.1) is 0 Å². The molecule has 8 aromatic rings. The monoisotopic (exact) mass is 955 g/mol. The molecular formula is C47H34F4IN3O7. The number of aliphatic hydroxyl groups excluding tert-OH is 1. The molecule has 4 heterocycles. The first-order valence-electron chi connectivity index (χ1n) is 19.7. The van der Waals surface area contributed by atoms with Gasteiger partial charge >= 0.3 is 0 Å². The lowest BCUT2D eigenvalue weighted by atomic mass is 9.95. The number of halogens is 5. The van der Waals surface area contributed by atoms with Gasteiger partial charge < -0.3 is 33.6 Å². The second-order valence-electron chi connectivity index (χ2n) is 15.2. The summed E-state index contributed by atoms with van der Waals surface area (Å²) >= 11 is 1.82. The topological polar surface area (TPSA) is 124 Å². The summed E-state index contributed by atoms with van der Waals surface area (Å²) < 4.78 is 88.7. The van der Waals surface area contributed by atoms with Gasteiger partial charge in [0.05, 0.1) is 47.5 Å². The number of H-pyrrole nitrogens is 1. The summed E-state index contributed by atoms with van der Waals surface area (Å²) in [5.41, 5.74) is 2.39. The molecule has 15 heteroatoms. The highest BCUT2D eigenvalue weighted by molar-refractivity contribution is 14.1. The number of aromatic amines is 1. The van der Waals surface area contributed by atoms with Crippen molar-refractivity contribution >= 4 is 78.0 Å². The molecular weight excluding hydrogens is 921 g/mol. The molecule has 1 unspecified atom stereocenters. The van der Waals surface area contributed by atoms with Crippen LogP contribution in [0.3, 0.4) is 0 Å². The lowest BCUT2D eigenvalue weighted by Crippen LogP contribution is -2.60. The maximum absolute atomic E-state index is 15.7. The number of ether oxygens (including phenoxy) is 4. The van der Waals surface area contributed by atoms with Crippen LogP contribution in [0.15, 0.2) is 115 Å². The van der Waals surface area contributed by atoms with Gasteiger partial charge in [0.1, 0.15) is 28.5 Å². The largest absolute Gasteiger partial charge is 0.380 e. The first-order chi connectivity index (χ1) is 30.1. The van der Waals surface area contributed by atoms with Crippen LogP contribution in [0, 0.1) is 23.3 Å². The van der Waals surface area contributed by atoms with Crippen LogP contribution in [0.2, 0.25) is 0 Å². The van der Waals surface area contributed by atoms with Crippen LogP contribution in [0.5, 0.6) is 0 Å². The molecule has 2 aromatic heterocycles. The van der Waals surface area contributed by atoms with Crippen LogP contribution in [-0.4, -0.2) is 55.0 Å². The van der Waals surface area contributed by atoms with E-state index in [1.807, 2.05) is 114 Å². The van der Waals surface area contributed by atoms with Crippen LogP contribution in [0.25, 0.3) is 43.6 Å². The predicted octanol–water partition coefficient (Wildman–Crippen LogP) is 9.28. The third kappa shape index (κ3) is 6.92. The molecule has 1 saturated heterocycles. The molecule has 0 bridgehead atoms. The molecule has 0 spiro atoms. The number of aromatic nitrogens is 2. The smallest absolute Gasteiger partial charge is 0.259 e. The quantitative estimate of drug-likeness (QED) is 0.0512. The Morgan fingerprint density at radius 1 is 0.645 bits per heavy atom. The maximum atomic E-state index is 15.7. The molecule has 10 rings (SSSR count). The average Bonchev–Trinajstić information content (AvgIpc) is 3.89. The Labute approximate surface area is 363 Å². The van der Waals surface area contributed by atoms with Gasteiger partial charge in [-0.3, -0.25) is 14.9 Å². The highest BCUT2D eigenvalue weighted by Gasteiger charge is 2.52. The molecule has 62 heavy (non-hydrogen) atoms. The molecule has 0 aliphatic carbocycles. The van der Waals surface area contributed by atoms with Crippen molar-refractivity contribution in [2.45, 2.75) is 54.6 Å². The van der Waals surface area contributed by atoms with E-state index < -0.39 is 69.8 Å². The number of amides is 2. The molecule has 6 aromatic carbocycles. The number of alkyl halides is 1. The fourth-order valence-electron chi connectivity index (χ4n) is 8.76. The van der Waals surface area contributed by atoms with Crippen LogP contribution in [0.1, 0.15) is 43.6 Å². The summed E-state index contributed by atoms with van der Waals surface area (Å²) in [6, 6.07) is 31.8. The van der Waals surface area contributed by atoms with E-state index in [2.05, 4.69) is 10.3 Å². The summed E-state index contributed by atoms with van der Waals surface area (Å²) in [6.45, 7) is 0.158. The minimum atomic E-state index is -1.38. The van der Waals surface area contributed by atoms with E-state index in [1.54, 1.807) is 0 Å². The molecule has 10 nitrogen and oxygen atoms in total. The summed E-state index contributed by atoms with van der Waals surface area (Å²) in [6.07, 6.45) is -5.76. The Balaban J connectivity index is 1.26. The normalized spacial score (nSPS) is 20.7. The number of aliphatic hydroxyl groups is 1. The summed E-state index contributed by atoms with van der Waals surface area (Å²) in [5.74, 6) is -6.50. The Morgan fingerprint density at radius 2 is 1.13 bits per heavy atom. The second kappa shape index (κ2) is 16.2. The van der Waals surface area contributed by atoms with Gasteiger partial charge in [-0.25, -0.2) is 17.6 Å². The van der Waals surface area contributed by atoms with E-state index in [-0.39, 0.29) is 74.6 Å². The molecule has 314 valence electrons. The third-order valence-corrected chi connectivity index (χ3v) is 12.2. The van der Waals surface area contributed by atoms with E-state index in [1.165, 1.54) is 4.57 Å². The molecule has 3 N–H and O–H groups in total. The predicted molar refractivity (Wildman–Crippen MR) is 229 cm³/mol. The fourth-order valence-corrected chi connectivity index (χ4v) is 9.34. The number of fused-ring (bicyclic) bond motifs is 10. The van der Waals surface area contributed by atoms with E-state index in [9.17, 15) is 19.1 Å². The van der Waals surface area contributed by atoms with E-state index >= 15 is 13.2 Å². The molecule has 0 radical (unpaired) electrons. The molecule has 2 amide bonds. The third-order valence-electron chi connectivity index (χ3n) is 11.5. The number of rotatable bonds is 11. The summed E-state index contributed by atoms with van der Waals surface area (Å²) in [4.78, 5) is 30.7. The zero-order valence-corrected chi connectivity index (χ0v) is 34.4. The van der Waals surface area contributed by atoms with Gasteiger partial charge in [0.2, 0.25) is 0 Å². The molecule has 2 aliphatic heterocycles. The number of nitrogens with one attached hydrogen (secondary N) is 2. The van der Waals surface area contributed by atoms with Crippen LogP contribution < -0.4 is 5.32 Å². The first kappa shape index (κ1) is 40.4. The minimum absolute atomic E-state index is 0.00616. The van der Waals surface area contributed by atoms with Gasteiger partial charge in [0, 0.05) is 39.2 Å². The van der Waals surface area contributed by atoms with Gasteiger partial charge in [-0.05, 0) is 51.4 Å². The lowest BCUT2D eigenvalue weighted by molar-refractivity contribution is -0.288. The zero-order chi connectivity index (χ0) is 42.8. The highest BCUT2D eigenvalue weighted by atomic mass is 127. The average molecular weight is 956 g/mol. The summed E-state index contributed by atoms with van der Waals surface area (Å²) in [5, 5.41) is 14.1. The fraction of sp³-hybridized carbons (Fsp3) is 0.191. The Morgan fingerprint density at radius 3 is 1.69 bits per heavy atom. The van der Waals surface area contributed by atoms with E-state index in [4.69, 9.17) is 18.9 Å². The first-order valence-corrected chi connectivity index (χ1v) is 20.9. The molecule has 1 fully saturated rings. The Kier molecular flexibility index (Phi) is 10.6. The number of carbonyl (C=O) groups is 2. The summed E-state index contributed by atoms with van der Waals surface area (Å²) in [7, 11) is 0. The van der Waals surface area contributed by atoms with Gasteiger partial charge in [0.25, 0.3) is 11.8 Å². The van der Waals surface area contributed by atoms with Crippen molar-refractivity contribution in [3.63, 3.8) is 0 Å². The minimum Gasteiger partial charge on any atom is -0.380 e. The van der Waals surface area contributed by atoms with Crippen LogP contribution in [0.4, 0.5) is 17.6 Å². The van der Waals surface area contributed by atoms with E-state index in [0.29, 0.717) is 0 Å². The van der Waals surface area contributed by atoms with Gasteiger partial charge in [-0.1, -0.05) is 91.0 Å². The number of nitrogens with zero attached hydrogens (tertiary/aromatic N) is 1. The van der Waals surface area contributed by atoms with Crippen LogP contribution in [-0.2, 0) is 38.8 Å². The van der Waals surface area contributed by atoms with Crippen molar-refractivity contribution in [1.82, 2.24) is 14.9 Å². The molecule has 0 saturated carbocycles. The number of hydrogen-bond acceptors (Lipinski definition) is 7. The Hall–Kier alpha value is -5.69. The Bertz CT molecular complexity index is 3040. The standard InChI is InChI=1S/C47H34F4IN3O7/c48-28-16-26-32(18-30(28)50)53-38-34(26)36-37(46(58)54-45(36)57)35-27-17-29(49)31(51)19-33(27)55(39(35)38)47-43(61-22-25-14-8-3-9-15-25)41(60-21-24-12-6-2-7-13-24)40(42(62-47)44(52)56)59-20-23-10-4-1-5-11-23/h1-19,40-44,47,53,56H,20-22H2,(H,54,57,58)/t40-,41-,42-,43+,44?,47+/m0/s1. The van der Waals surface area contributed by atoms with Crippen molar-refractivity contribution in [3.8, 4) is 0 Å². The molecule has 6 atom stereocenters. The lowest BCUT2D eigenvalue weighted by Gasteiger charge is -2.47. The van der Waals surface area contributed by atoms with Crippen molar-refractivity contribution < 1.29 is 51.2 Å². The highest BCUT2D eigenvalue weighted by Crippen LogP contribution is 2.48. The number of hydrogen-bond donors (Lipinski definition) is 3. The second-order valence-corrected chi connectivity index (χ2v) is 16.5. The zero-order valence-electron chi connectivity index (χ0n) is 32.3. The number of imide groups is 1. The SMILES string of the molecule is O=C1NC(=O)c2c1c1c3cc(F)c(F)cc3[nH]c1c1c2c2cc(F)c(F)cc2n1[C@@H]1O[C@H](C(O)I)[C@@H](OCc2ccccc2)[C@H](OCc2ccccc2)[C@H]1OCc1ccccc1.